The average molecular weight is 306 g/mol. The van der Waals surface area contributed by atoms with E-state index in [0.717, 1.165) is 36.5 Å². The van der Waals surface area contributed by atoms with Crippen LogP contribution in [0.2, 0.25) is 0 Å². The first kappa shape index (κ1) is 15.6. The fraction of sp³-hybridized carbons (Fsp3) is 0.375. The smallest absolute Gasteiger partial charge is 0.335 e. The summed E-state index contributed by atoms with van der Waals surface area (Å²) in [5, 5.41) is 0. The van der Waals surface area contributed by atoms with Crippen LogP contribution in [0.5, 0.6) is 5.75 Å². The van der Waals surface area contributed by atoms with Gasteiger partial charge in [0.05, 0.1) is 5.92 Å². The van der Waals surface area contributed by atoms with Gasteiger partial charge in [-0.3, -0.25) is 4.79 Å². The van der Waals surface area contributed by atoms with Gasteiger partial charge in [0.2, 0.25) is 0 Å². The lowest BCUT2D eigenvalue weighted by atomic mass is 9.82. The molecule has 0 spiro atoms. The van der Waals surface area contributed by atoms with E-state index in [1.54, 1.807) is 12.1 Å². The molecule has 0 radical (unpaired) electrons. The lowest BCUT2D eigenvalue weighted by Crippen LogP contribution is -2.22. The van der Waals surface area contributed by atoms with Gasteiger partial charge in [0.25, 0.3) is 0 Å². The normalized spacial score (nSPS) is 16.7. The zero-order chi connectivity index (χ0) is 15.2. The SMILES string of the molecule is C=CC(=O)Oc1cccc2c1CCCC2C(=O)OCCS. The van der Waals surface area contributed by atoms with Crippen molar-refractivity contribution in [3.63, 3.8) is 0 Å². The molecule has 1 unspecified atom stereocenters. The van der Waals surface area contributed by atoms with Crippen LogP contribution in [0, 0.1) is 0 Å². The van der Waals surface area contributed by atoms with E-state index < -0.39 is 5.97 Å². The fourth-order valence-corrected chi connectivity index (χ4v) is 2.64. The van der Waals surface area contributed by atoms with Gasteiger partial charge in [-0.1, -0.05) is 18.7 Å². The second-order valence-electron chi connectivity index (χ2n) is 4.79. The third-order valence-corrected chi connectivity index (χ3v) is 3.64. The molecular formula is C16H18O4S. The topological polar surface area (TPSA) is 52.6 Å². The van der Waals surface area contributed by atoms with Crippen LogP contribution < -0.4 is 4.74 Å². The summed E-state index contributed by atoms with van der Waals surface area (Å²) in [7, 11) is 0. The highest BCUT2D eigenvalue weighted by Gasteiger charge is 2.29. The Bertz CT molecular complexity index is 553. The molecule has 0 aromatic heterocycles. The minimum atomic E-state index is -0.497. The molecule has 0 amide bonds. The first-order chi connectivity index (χ1) is 10.2. The lowest BCUT2D eigenvalue weighted by molar-refractivity contribution is -0.145. The molecule has 0 fully saturated rings. The number of carbonyl (C=O) groups is 2. The summed E-state index contributed by atoms with van der Waals surface area (Å²) < 4.78 is 10.4. The summed E-state index contributed by atoms with van der Waals surface area (Å²) in [4.78, 5) is 23.5. The minimum Gasteiger partial charge on any atom is -0.464 e. The van der Waals surface area contributed by atoms with Crippen LogP contribution in [-0.4, -0.2) is 24.3 Å². The van der Waals surface area contributed by atoms with E-state index in [4.69, 9.17) is 9.47 Å². The number of esters is 2. The number of hydrogen-bond donors (Lipinski definition) is 1. The predicted octanol–water partition coefficient (Wildman–Crippen LogP) is 2.67. The van der Waals surface area contributed by atoms with Crippen LogP contribution in [0.3, 0.4) is 0 Å². The third kappa shape index (κ3) is 3.67. The van der Waals surface area contributed by atoms with Crippen molar-refractivity contribution < 1.29 is 19.1 Å². The highest BCUT2D eigenvalue weighted by Crippen LogP contribution is 2.37. The van der Waals surface area contributed by atoms with Gasteiger partial charge >= 0.3 is 11.9 Å². The number of fused-ring (bicyclic) bond motifs is 1. The van der Waals surface area contributed by atoms with Crippen LogP contribution in [-0.2, 0) is 20.7 Å². The van der Waals surface area contributed by atoms with Crippen molar-refractivity contribution in [3.05, 3.63) is 42.0 Å². The summed E-state index contributed by atoms with van der Waals surface area (Å²) in [5.41, 5.74) is 1.80. The number of thiol groups is 1. The number of rotatable bonds is 5. The minimum absolute atomic E-state index is 0.239. The maximum absolute atomic E-state index is 12.1. The molecule has 112 valence electrons. The Kier molecular flexibility index (Phi) is 5.44. The number of carbonyl (C=O) groups excluding carboxylic acids is 2. The monoisotopic (exact) mass is 306 g/mol. The summed E-state index contributed by atoms with van der Waals surface area (Å²) in [6.45, 7) is 3.69. The lowest BCUT2D eigenvalue weighted by Gasteiger charge is -2.25. The van der Waals surface area contributed by atoms with Gasteiger partial charge in [-0.25, -0.2) is 4.79 Å². The van der Waals surface area contributed by atoms with Crippen molar-refractivity contribution in [1.29, 1.82) is 0 Å². The first-order valence-electron chi connectivity index (χ1n) is 6.91. The van der Waals surface area contributed by atoms with Crippen molar-refractivity contribution in [2.75, 3.05) is 12.4 Å². The number of benzene rings is 1. The molecule has 2 rings (SSSR count). The second-order valence-corrected chi connectivity index (χ2v) is 5.23. The molecule has 1 atom stereocenters. The van der Waals surface area contributed by atoms with E-state index in [1.165, 1.54) is 0 Å². The summed E-state index contributed by atoms with van der Waals surface area (Å²) in [6.07, 6.45) is 3.51. The molecule has 4 nitrogen and oxygen atoms in total. The van der Waals surface area contributed by atoms with Crippen LogP contribution in [0.15, 0.2) is 30.9 Å². The highest BCUT2D eigenvalue weighted by atomic mass is 32.1. The molecule has 0 heterocycles. The molecule has 0 saturated heterocycles. The van der Waals surface area contributed by atoms with Gasteiger partial charge in [-0.15, -0.1) is 0 Å². The fourth-order valence-electron chi connectivity index (χ4n) is 2.55. The molecule has 1 aliphatic rings. The van der Waals surface area contributed by atoms with Crippen molar-refractivity contribution in [3.8, 4) is 5.75 Å². The van der Waals surface area contributed by atoms with Crippen molar-refractivity contribution in [2.24, 2.45) is 0 Å². The molecule has 0 saturated carbocycles. The Hall–Kier alpha value is -1.75. The zero-order valence-electron chi connectivity index (χ0n) is 11.7. The average Bonchev–Trinajstić information content (AvgIpc) is 2.52. The standard InChI is InChI=1S/C16H18O4S/c1-2-15(17)20-14-8-4-5-11-12(14)6-3-7-13(11)16(18)19-9-10-21/h2,4-5,8,13,21H,1,3,6-7,9-10H2. The Balaban J connectivity index is 2.27. The largest absolute Gasteiger partial charge is 0.464 e. The first-order valence-corrected chi connectivity index (χ1v) is 7.54. The van der Waals surface area contributed by atoms with Crippen molar-refractivity contribution in [2.45, 2.75) is 25.2 Å². The molecule has 21 heavy (non-hydrogen) atoms. The number of hydrogen-bond acceptors (Lipinski definition) is 5. The van der Waals surface area contributed by atoms with Crippen LogP contribution in [0.1, 0.15) is 29.9 Å². The van der Waals surface area contributed by atoms with Gasteiger partial charge in [0.1, 0.15) is 12.4 Å². The van der Waals surface area contributed by atoms with E-state index in [2.05, 4.69) is 19.2 Å². The molecule has 1 aromatic carbocycles. The molecule has 1 aromatic rings. The van der Waals surface area contributed by atoms with Gasteiger partial charge in [-0.2, -0.15) is 12.6 Å². The van der Waals surface area contributed by atoms with Gasteiger partial charge < -0.3 is 9.47 Å². The summed E-state index contributed by atoms with van der Waals surface area (Å²) in [6, 6.07) is 5.42. The summed E-state index contributed by atoms with van der Waals surface area (Å²) >= 11 is 4.04. The Labute approximate surface area is 129 Å². The van der Waals surface area contributed by atoms with E-state index in [1.807, 2.05) is 6.07 Å². The molecule has 0 aliphatic heterocycles. The Morgan fingerprint density at radius 3 is 2.95 bits per heavy atom. The third-order valence-electron chi connectivity index (χ3n) is 3.46. The van der Waals surface area contributed by atoms with Crippen molar-refractivity contribution in [1.82, 2.24) is 0 Å². The van der Waals surface area contributed by atoms with Crippen molar-refractivity contribution >= 4 is 24.6 Å². The van der Waals surface area contributed by atoms with Crippen LogP contribution in [0.25, 0.3) is 0 Å². The molecule has 0 bridgehead atoms. The maximum atomic E-state index is 12.1. The Morgan fingerprint density at radius 1 is 1.43 bits per heavy atom. The predicted molar refractivity (Wildman–Crippen MR) is 82.8 cm³/mol. The Morgan fingerprint density at radius 2 is 2.24 bits per heavy atom. The molecular weight excluding hydrogens is 288 g/mol. The van der Waals surface area contributed by atoms with Gasteiger partial charge in [-0.05, 0) is 36.5 Å². The quantitative estimate of drug-likeness (QED) is 0.393. The maximum Gasteiger partial charge on any atom is 0.335 e. The summed E-state index contributed by atoms with van der Waals surface area (Å²) in [5.74, 6) is -0.0250. The van der Waals surface area contributed by atoms with E-state index in [9.17, 15) is 9.59 Å². The van der Waals surface area contributed by atoms with E-state index in [0.29, 0.717) is 18.1 Å². The second kappa shape index (κ2) is 7.31. The van der Waals surface area contributed by atoms with Crippen LogP contribution in [0.4, 0.5) is 0 Å². The van der Waals surface area contributed by atoms with Gasteiger partial charge in [0.15, 0.2) is 0 Å². The van der Waals surface area contributed by atoms with E-state index in [-0.39, 0.29) is 11.9 Å². The molecule has 0 N–H and O–H groups in total. The van der Waals surface area contributed by atoms with E-state index >= 15 is 0 Å². The number of ether oxygens (including phenoxy) is 2. The molecule has 5 heteroatoms. The zero-order valence-corrected chi connectivity index (χ0v) is 12.6. The van der Waals surface area contributed by atoms with Crippen LogP contribution >= 0.6 is 12.6 Å². The highest BCUT2D eigenvalue weighted by molar-refractivity contribution is 7.80. The van der Waals surface area contributed by atoms with Gasteiger partial charge in [0, 0.05) is 11.8 Å². The molecule has 1 aliphatic carbocycles.